The fraction of sp³-hybridized carbons (Fsp3) is 0.300. The van der Waals surface area contributed by atoms with E-state index in [9.17, 15) is 22.4 Å². The molecule has 0 aliphatic heterocycles. The lowest BCUT2D eigenvalue weighted by Crippen LogP contribution is -2.26. The normalized spacial score (nSPS) is 13.5. The van der Waals surface area contributed by atoms with Gasteiger partial charge >= 0.3 is 6.18 Å². The number of carbonyl (C=O) groups is 1. The summed E-state index contributed by atoms with van der Waals surface area (Å²) in [5.74, 6) is -1.77. The molecule has 1 rings (SSSR count). The topological polar surface area (TPSA) is 43.1 Å². The predicted octanol–water partition coefficient (Wildman–Crippen LogP) is 2.48. The van der Waals surface area contributed by atoms with Crippen molar-refractivity contribution in [1.29, 1.82) is 0 Å². The molecule has 1 unspecified atom stereocenters. The lowest BCUT2D eigenvalue weighted by molar-refractivity contribution is -0.137. The minimum Gasteiger partial charge on any atom is -0.368 e. The van der Waals surface area contributed by atoms with Crippen LogP contribution in [0.1, 0.15) is 11.1 Å². The maximum Gasteiger partial charge on any atom is 0.416 e. The molecule has 2 nitrogen and oxygen atoms in total. The van der Waals surface area contributed by atoms with Crippen LogP contribution in [0.4, 0.5) is 17.6 Å². The number of hydrogen-bond donors (Lipinski definition) is 1. The van der Waals surface area contributed by atoms with Crippen LogP contribution in [0.5, 0.6) is 0 Å². The molecule has 0 saturated heterocycles. The fourth-order valence-corrected chi connectivity index (χ4v) is 1.37. The summed E-state index contributed by atoms with van der Waals surface area (Å²) < 4.78 is 50.2. The Bertz CT molecular complexity index is 433. The summed E-state index contributed by atoms with van der Waals surface area (Å²) in [6.07, 6.45) is -4.95. The molecule has 0 bridgehead atoms. The van der Waals surface area contributed by atoms with E-state index in [2.05, 4.69) is 0 Å². The van der Waals surface area contributed by atoms with Gasteiger partial charge in [-0.15, -0.1) is 11.6 Å². The van der Waals surface area contributed by atoms with Gasteiger partial charge in [-0.25, -0.2) is 4.39 Å². The van der Waals surface area contributed by atoms with E-state index in [-0.39, 0.29) is 12.0 Å². The molecule has 0 radical (unpaired) electrons. The molecule has 0 aromatic heterocycles. The maximum atomic E-state index is 13.2. The zero-order valence-corrected chi connectivity index (χ0v) is 9.15. The smallest absolute Gasteiger partial charge is 0.368 e. The third-order valence-corrected chi connectivity index (χ3v) is 2.45. The van der Waals surface area contributed by atoms with Crippen LogP contribution in [0, 0.1) is 5.82 Å². The van der Waals surface area contributed by atoms with E-state index >= 15 is 0 Å². The van der Waals surface area contributed by atoms with Gasteiger partial charge in [-0.3, -0.25) is 4.79 Å². The van der Waals surface area contributed by atoms with Crippen LogP contribution in [0.15, 0.2) is 18.2 Å². The first kappa shape index (κ1) is 13.8. The molecule has 1 atom stereocenters. The lowest BCUT2D eigenvalue weighted by Gasteiger charge is -2.11. The molecule has 1 aromatic carbocycles. The molecule has 2 N–H and O–H groups in total. The number of primary amides is 1. The van der Waals surface area contributed by atoms with E-state index < -0.39 is 28.8 Å². The Labute approximate surface area is 99.4 Å². The molecule has 0 saturated carbocycles. The van der Waals surface area contributed by atoms with E-state index in [0.29, 0.717) is 18.2 Å². The maximum absolute atomic E-state index is 13.2. The highest BCUT2D eigenvalue weighted by Crippen LogP contribution is 2.30. The van der Waals surface area contributed by atoms with Crippen molar-refractivity contribution in [2.45, 2.75) is 18.0 Å². The highest BCUT2D eigenvalue weighted by molar-refractivity contribution is 6.30. The Balaban J connectivity index is 3.03. The third-order valence-electron chi connectivity index (χ3n) is 2.08. The van der Waals surface area contributed by atoms with Crippen LogP contribution >= 0.6 is 11.6 Å². The van der Waals surface area contributed by atoms with Crippen LogP contribution in [0.25, 0.3) is 0 Å². The van der Waals surface area contributed by atoms with Gasteiger partial charge in [0.05, 0.1) is 5.56 Å². The van der Waals surface area contributed by atoms with Crippen molar-refractivity contribution in [3.8, 4) is 0 Å². The molecule has 0 spiro atoms. The van der Waals surface area contributed by atoms with Crippen molar-refractivity contribution in [2.24, 2.45) is 5.73 Å². The Morgan fingerprint density at radius 2 is 2.00 bits per heavy atom. The summed E-state index contributed by atoms with van der Waals surface area (Å²) in [6, 6.07) is 1.92. The summed E-state index contributed by atoms with van der Waals surface area (Å²) in [6.45, 7) is 0. The van der Waals surface area contributed by atoms with Crippen LogP contribution in [0.3, 0.4) is 0 Å². The second-order valence-corrected chi connectivity index (χ2v) is 3.90. The van der Waals surface area contributed by atoms with Crippen LogP contribution in [0.2, 0.25) is 0 Å². The first-order chi connectivity index (χ1) is 7.71. The van der Waals surface area contributed by atoms with Crippen LogP contribution in [-0.2, 0) is 17.4 Å². The van der Waals surface area contributed by atoms with Gasteiger partial charge in [0.2, 0.25) is 5.91 Å². The Hall–Kier alpha value is -1.30. The number of benzene rings is 1. The third kappa shape index (κ3) is 3.59. The molecule has 0 aliphatic carbocycles. The van der Waals surface area contributed by atoms with Crippen molar-refractivity contribution in [3.05, 3.63) is 35.1 Å². The van der Waals surface area contributed by atoms with Crippen LogP contribution < -0.4 is 5.73 Å². The largest absolute Gasteiger partial charge is 0.416 e. The molecule has 0 aliphatic rings. The van der Waals surface area contributed by atoms with Gasteiger partial charge in [-0.2, -0.15) is 13.2 Å². The van der Waals surface area contributed by atoms with E-state index in [0.717, 1.165) is 0 Å². The SMILES string of the molecule is NC(=O)C(Cl)Cc1cc(C(F)(F)F)ccc1F. The van der Waals surface area contributed by atoms with Crippen molar-refractivity contribution < 1.29 is 22.4 Å². The van der Waals surface area contributed by atoms with Gasteiger partial charge in [0.25, 0.3) is 0 Å². The minimum atomic E-state index is -4.57. The van der Waals surface area contributed by atoms with Gasteiger partial charge in [0.1, 0.15) is 11.2 Å². The highest BCUT2D eigenvalue weighted by Gasteiger charge is 2.31. The lowest BCUT2D eigenvalue weighted by atomic mass is 10.0. The second-order valence-electron chi connectivity index (χ2n) is 3.38. The molecule has 1 aromatic rings. The number of amides is 1. The average molecular weight is 270 g/mol. The Morgan fingerprint density at radius 1 is 1.41 bits per heavy atom. The summed E-state index contributed by atoms with van der Waals surface area (Å²) in [5.41, 5.74) is 3.55. The highest BCUT2D eigenvalue weighted by atomic mass is 35.5. The van der Waals surface area contributed by atoms with Crippen molar-refractivity contribution in [2.75, 3.05) is 0 Å². The van der Waals surface area contributed by atoms with Gasteiger partial charge in [0.15, 0.2) is 0 Å². The van der Waals surface area contributed by atoms with Gasteiger partial charge in [-0.1, -0.05) is 0 Å². The van der Waals surface area contributed by atoms with Gasteiger partial charge in [0, 0.05) is 6.42 Å². The zero-order chi connectivity index (χ0) is 13.2. The molecule has 17 heavy (non-hydrogen) atoms. The summed E-state index contributed by atoms with van der Waals surface area (Å²) in [4.78, 5) is 10.6. The molecule has 94 valence electrons. The summed E-state index contributed by atoms with van der Waals surface area (Å²) in [7, 11) is 0. The van der Waals surface area contributed by atoms with Gasteiger partial charge < -0.3 is 5.73 Å². The molecule has 1 amide bonds. The molecule has 0 fully saturated rings. The van der Waals surface area contributed by atoms with Crippen LogP contribution in [-0.4, -0.2) is 11.3 Å². The molecule has 7 heteroatoms. The first-order valence-electron chi connectivity index (χ1n) is 4.51. The number of hydrogen-bond acceptors (Lipinski definition) is 1. The standard InChI is InChI=1S/C10H8ClF4NO/c11-7(9(16)17)4-5-3-6(10(13,14)15)1-2-8(5)12/h1-3,7H,4H2,(H2,16,17). The second kappa shape index (κ2) is 4.91. The van der Waals surface area contributed by atoms with E-state index in [1.807, 2.05) is 0 Å². The monoisotopic (exact) mass is 269 g/mol. The van der Waals surface area contributed by atoms with E-state index in [1.165, 1.54) is 0 Å². The van der Waals surface area contributed by atoms with E-state index in [4.69, 9.17) is 17.3 Å². The first-order valence-corrected chi connectivity index (χ1v) is 4.94. The number of carbonyl (C=O) groups excluding carboxylic acids is 1. The number of rotatable bonds is 3. The average Bonchev–Trinajstić information content (AvgIpc) is 2.19. The number of alkyl halides is 4. The Morgan fingerprint density at radius 3 is 2.47 bits per heavy atom. The minimum absolute atomic E-state index is 0.293. The fourth-order valence-electron chi connectivity index (χ4n) is 1.20. The Kier molecular flexibility index (Phi) is 3.98. The van der Waals surface area contributed by atoms with Crippen molar-refractivity contribution in [1.82, 2.24) is 0 Å². The number of nitrogens with two attached hydrogens (primary N) is 1. The molecular formula is C10H8ClF4NO. The summed E-state index contributed by atoms with van der Waals surface area (Å²) in [5, 5.41) is -1.24. The van der Waals surface area contributed by atoms with Crippen molar-refractivity contribution >= 4 is 17.5 Å². The predicted molar refractivity (Wildman–Crippen MR) is 53.9 cm³/mol. The quantitative estimate of drug-likeness (QED) is 0.665. The number of halogens is 5. The summed E-state index contributed by atoms with van der Waals surface area (Å²) >= 11 is 5.47. The molecule has 0 heterocycles. The zero-order valence-electron chi connectivity index (χ0n) is 8.39. The van der Waals surface area contributed by atoms with E-state index in [1.54, 1.807) is 0 Å². The molecular weight excluding hydrogens is 262 g/mol. The van der Waals surface area contributed by atoms with Gasteiger partial charge in [-0.05, 0) is 23.8 Å². The van der Waals surface area contributed by atoms with Crippen molar-refractivity contribution in [3.63, 3.8) is 0 Å².